The van der Waals surface area contributed by atoms with Gasteiger partial charge < -0.3 is 29.5 Å². The van der Waals surface area contributed by atoms with Crippen LogP contribution in [0.2, 0.25) is 0 Å². The third-order valence-electron chi connectivity index (χ3n) is 6.99. The second kappa shape index (κ2) is 15.5. The third-order valence-corrected chi connectivity index (χ3v) is 8.90. The molecule has 11 nitrogen and oxygen atoms in total. The SMILES string of the molecule is COc1ccc(CN(C(=O)COc2ccc(S(=O)(=O)N3CCOCC3)cc2)[C@@H](Cc2ccccc2)C(=O)NCCO)cc1. The zero-order valence-corrected chi connectivity index (χ0v) is 24.9. The van der Waals surface area contributed by atoms with Gasteiger partial charge in [-0.1, -0.05) is 42.5 Å². The van der Waals surface area contributed by atoms with E-state index in [0.717, 1.165) is 11.1 Å². The summed E-state index contributed by atoms with van der Waals surface area (Å²) < 4.78 is 43.5. The minimum atomic E-state index is -3.67. The van der Waals surface area contributed by atoms with Crippen molar-refractivity contribution in [2.24, 2.45) is 0 Å². The van der Waals surface area contributed by atoms with Gasteiger partial charge in [-0.25, -0.2) is 8.42 Å². The smallest absolute Gasteiger partial charge is 0.261 e. The Morgan fingerprint density at radius 1 is 0.953 bits per heavy atom. The summed E-state index contributed by atoms with van der Waals surface area (Å²) in [6, 6.07) is 21.5. The van der Waals surface area contributed by atoms with Crippen LogP contribution in [0.3, 0.4) is 0 Å². The number of methoxy groups -OCH3 is 1. The predicted molar refractivity (Wildman–Crippen MR) is 159 cm³/mol. The van der Waals surface area contributed by atoms with Crippen molar-refractivity contribution < 1.29 is 37.3 Å². The van der Waals surface area contributed by atoms with Gasteiger partial charge in [0.25, 0.3) is 5.91 Å². The lowest BCUT2D eigenvalue weighted by Gasteiger charge is -2.31. The number of nitrogens with one attached hydrogen (secondary N) is 1. The van der Waals surface area contributed by atoms with Gasteiger partial charge in [0.2, 0.25) is 15.9 Å². The second-order valence-corrected chi connectivity index (χ2v) is 11.8. The topological polar surface area (TPSA) is 135 Å². The molecule has 1 aliphatic heterocycles. The molecular formula is C31H37N3O8S. The van der Waals surface area contributed by atoms with E-state index in [-0.39, 0.29) is 50.7 Å². The van der Waals surface area contributed by atoms with Crippen molar-refractivity contribution in [1.82, 2.24) is 14.5 Å². The van der Waals surface area contributed by atoms with Crippen molar-refractivity contribution in [3.8, 4) is 11.5 Å². The van der Waals surface area contributed by atoms with Crippen LogP contribution in [-0.2, 0) is 37.3 Å². The number of amides is 2. The monoisotopic (exact) mass is 611 g/mol. The summed E-state index contributed by atoms with van der Waals surface area (Å²) >= 11 is 0. The molecule has 0 unspecified atom stereocenters. The highest BCUT2D eigenvalue weighted by Gasteiger charge is 2.31. The summed E-state index contributed by atoms with van der Waals surface area (Å²) in [5.74, 6) is 0.118. The van der Waals surface area contributed by atoms with Crippen LogP contribution in [0.15, 0.2) is 83.8 Å². The Labute approximate surface area is 252 Å². The van der Waals surface area contributed by atoms with E-state index in [1.54, 1.807) is 19.2 Å². The maximum Gasteiger partial charge on any atom is 0.261 e. The number of hydrogen-bond acceptors (Lipinski definition) is 8. The molecule has 1 heterocycles. The fraction of sp³-hybridized carbons (Fsp3) is 0.355. The van der Waals surface area contributed by atoms with Gasteiger partial charge in [-0.15, -0.1) is 0 Å². The maximum atomic E-state index is 13.7. The largest absolute Gasteiger partial charge is 0.497 e. The molecule has 1 fully saturated rings. The molecule has 0 spiro atoms. The molecule has 0 saturated carbocycles. The molecule has 4 rings (SSSR count). The zero-order chi connectivity index (χ0) is 30.7. The molecule has 0 radical (unpaired) electrons. The van der Waals surface area contributed by atoms with Crippen molar-refractivity contribution in [1.29, 1.82) is 0 Å². The summed E-state index contributed by atoms with van der Waals surface area (Å²) in [6.07, 6.45) is 0.244. The van der Waals surface area contributed by atoms with E-state index in [9.17, 15) is 23.1 Å². The van der Waals surface area contributed by atoms with Gasteiger partial charge in [0.1, 0.15) is 17.5 Å². The number of rotatable bonds is 14. The minimum Gasteiger partial charge on any atom is -0.497 e. The molecule has 0 aromatic heterocycles. The lowest BCUT2D eigenvalue weighted by atomic mass is 10.0. The number of ether oxygens (including phenoxy) is 3. The average Bonchev–Trinajstić information content (AvgIpc) is 3.05. The first kappa shape index (κ1) is 32.0. The van der Waals surface area contributed by atoms with Crippen molar-refractivity contribution in [2.45, 2.75) is 23.9 Å². The lowest BCUT2D eigenvalue weighted by molar-refractivity contribution is -0.142. The fourth-order valence-corrected chi connectivity index (χ4v) is 6.06. The van der Waals surface area contributed by atoms with E-state index < -0.39 is 27.9 Å². The number of morpholine rings is 1. The van der Waals surface area contributed by atoms with Crippen LogP contribution < -0.4 is 14.8 Å². The quantitative estimate of drug-likeness (QED) is 0.282. The van der Waals surface area contributed by atoms with Gasteiger partial charge in [0.15, 0.2) is 6.61 Å². The van der Waals surface area contributed by atoms with E-state index >= 15 is 0 Å². The molecule has 12 heteroatoms. The van der Waals surface area contributed by atoms with Crippen LogP contribution in [0.25, 0.3) is 0 Å². The van der Waals surface area contributed by atoms with E-state index in [1.165, 1.54) is 33.5 Å². The maximum absolute atomic E-state index is 13.7. The number of aliphatic hydroxyl groups excluding tert-OH is 1. The molecule has 2 amide bonds. The van der Waals surface area contributed by atoms with Gasteiger partial charge in [0.05, 0.1) is 31.8 Å². The van der Waals surface area contributed by atoms with Crippen LogP contribution in [0.4, 0.5) is 0 Å². The van der Waals surface area contributed by atoms with Crippen LogP contribution >= 0.6 is 0 Å². The molecule has 1 aliphatic rings. The third kappa shape index (κ3) is 8.77. The molecule has 43 heavy (non-hydrogen) atoms. The Morgan fingerprint density at radius 3 is 2.23 bits per heavy atom. The molecular weight excluding hydrogens is 574 g/mol. The molecule has 2 N–H and O–H groups in total. The number of benzene rings is 3. The first-order valence-electron chi connectivity index (χ1n) is 14.0. The standard InChI is InChI=1S/C31H37N3O8S/c1-40-26-9-7-25(8-10-26)22-34(29(31(37)32-15-18-35)21-24-5-3-2-4-6-24)30(36)23-42-27-11-13-28(14-12-27)43(38,39)33-16-19-41-20-17-33/h2-14,29,35H,15-23H2,1H3,(H,32,37)/t29-/m0/s1. The van der Waals surface area contributed by atoms with Crippen molar-refractivity contribution in [3.05, 3.63) is 90.0 Å². The van der Waals surface area contributed by atoms with Crippen LogP contribution in [0.1, 0.15) is 11.1 Å². The molecule has 1 atom stereocenters. The summed E-state index contributed by atoms with van der Waals surface area (Å²) in [6.45, 7) is 0.806. The van der Waals surface area contributed by atoms with Crippen molar-refractivity contribution >= 4 is 21.8 Å². The number of sulfonamides is 1. The van der Waals surface area contributed by atoms with Gasteiger partial charge in [-0.3, -0.25) is 9.59 Å². The van der Waals surface area contributed by atoms with Crippen molar-refractivity contribution in [2.75, 3.05) is 53.2 Å². The second-order valence-electron chi connectivity index (χ2n) is 9.87. The minimum absolute atomic E-state index is 0.0465. The van der Waals surface area contributed by atoms with E-state index in [1.807, 2.05) is 42.5 Å². The first-order chi connectivity index (χ1) is 20.8. The van der Waals surface area contributed by atoms with E-state index in [4.69, 9.17) is 14.2 Å². The molecule has 3 aromatic carbocycles. The predicted octanol–water partition coefficient (Wildman–Crippen LogP) is 1.84. The van der Waals surface area contributed by atoms with Gasteiger partial charge in [-0.2, -0.15) is 4.31 Å². The highest BCUT2D eigenvalue weighted by Crippen LogP contribution is 2.22. The summed E-state index contributed by atoms with van der Waals surface area (Å²) in [5.41, 5.74) is 1.64. The van der Waals surface area contributed by atoms with E-state index in [2.05, 4.69) is 5.32 Å². The van der Waals surface area contributed by atoms with E-state index in [0.29, 0.717) is 24.7 Å². The van der Waals surface area contributed by atoms with Gasteiger partial charge in [0, 0.05) is 32.6 Å². The number of carbonyl (C=O) groups excluding carboxylic acids is 2. The normalized spacial score (nSPS) is 14.5. The van der Waals surface area contributed by atoms with Crippen LogP contribution in [-0.4, -0.2) is 93.8 Å². The Morgan fingerprint density at radius 2 is 1.60 bits per heavy atom. The Kier molecular flexibility index (Phi) is 11.5. The molecule has 230 valence electrons. The number of carbonyl (C=O) groups is 2. The number of hydrogen-bond donors (Lipinski definition) is 2. The summed E-state index contributed by atoms with van der Waals surface area (Å²) in [5, 5.41) is 12.0. The molecule has 1 saturated heterocycles. The average molecular weight is 612 g/mol. The summed E-state index contributed by atoms with van der Waals surface area (Å²) in [7, 11) is -2.11. The molecule has 0 bridgehead atoms. The Bertz CT molecular complexity index is 1430. The van der Waals surface area contributed by atoms with Gasteiger partial charge in [-0.05, 0) is 47.5 Å². The Balaban J connectivity index is 1.54. The number of aliphatic hydroxyl groups is 1. The van der Waals surface area contributed by atoms with Gasteiger partial charge >= 0.3 is 0 Å². The van der Waals surface area contributed by atoms with Crippen LogP contribution in [0.5, 0.6) is 11.5 Å². The highest BCUT2D eigenvalue weighted by molar-refractivity contribution is 7.89. The lowest BCUT2D eigenvalue weighted by Crippen LogP contribution is -2.52. The van der Waals surface area contributed by atoms with Crippen molar-refractivity contribution in [3.63, 3.8) is 0 Å². The first-order valence-corrected chi connectivity index (χ1v) is 15.4. The molecule has 3 aromatic rings. The zero-order valence-electron chi connectivity index (χ0n) is 24.1. The molecule has 0 aliphatic carbocycles. The van der Waals surface area contributed by atoms with Crippen LogP contribution in [0, 0.1) is 0 Å². The highest BCUT2D eigenvalue weighted by atomic mass is 32.2. The summed E-state index contributed by atoms with van der Waals surface area (Å²) in [4.78, 5) is 28.6. The Hall–Kier alpha value is -3.97. The fourth-order valence-electron chi connectivity index (χ4n) is 4.65. The number of nitrogens with zero attached hydrogens (tertiary/aromatic N) is 2.